The van der Waals surface area contributed by atoms with Crippen molar-refractivity contribution in [2.24, 2.45) is 0 Å². The van der Waals surface area contributed by atoms with Gasteiger partial charge in [0.05, 0.1) is 6.61 Å². The molecule has 0 bridgehead atoms. The van der Waals surface area contributed by atoms with E-state index in [-0.39, 0.29) is 6.61 Å². The van der Waals surface area contributed by atoms with E-state index in [9.17, 15) is 0 Å². The van der Waals surface area contributed by atoms with E-state index in [2.05, 4.69) is 4.98 Å². The third-order valence-electron chi connectivity index (χ3n) is 2.32. The normalized spacial score (nSPS) is 10.6. The summed E-state index contributed by atoms with van der Waals surface area (Å²) in [5.74, 6) is 0. The smallest absolute Gasteiger partial charge is 0.134 e. The monoisotopic (exact) mass is 287 g/mol. The molecule has 0 fully saturated rings. The van der Waals surface area contributed by atoms with Crippen LogP contribution in [0.4, 0.5) is 0 Å². The summed E-state index contributed by atoms with van der Waals surface area (Å²) in [7, 11) is 0. The second-order valence-electron chi connectivity index (χ2n) is 3.46. The number of pyridine rings is 1. The van der Waals surface area contributed by atoms with Gasteiger partial charge in [-0.2, -0.15) is 0 Å². The lowest BCUT2D eigenvalue weighted by molar-refractivity contribution is 0.281. The van der Waals surface area contributed by atoms with Gasteiger partial charge in [-0.3, -0.25) is 0 Å². The van der Waals surface area contributed by atoms with Gasteiger partial charge in [0.25, 0.3) is 0 Å². The number of halogens is 3. The summed E-state index contributed by atoms with van der Waals surface area (Å²) in [4.78, 5) is 4.00. The minimum atomic E-state index is -0.162. The SMILES string of the molecule is OCc1cc(-c2ccc(Cl)cc2Cl)cnc1Cl. The maximum absolute atomic E-state index is 9.12. The quantitative estimate of drug-likeness (QED) is 0.840. The van der Waals surface area contributed by atoms with Gasteiger partial charge in [-0.05, 0) is 18.2 Å². The molecule has 1 aromatic heterocycles. The van der Waals surface area contributed by atoms with Gasteiger partial charge in [-0.1, -0.05) is 40.9 Å². The Morgan fingerprint density at radius 2 is 1.88 bits per heavy atom. The van der Waals surface area contributed by atoms with Crippen molar-refractivity contribution in [3.8, 4) is 11.1 Å². The van der Waals surface area contributed by atoms with Gasteiger partial charge in [-0.15, -0.1) is 0 Å². The maximum atomic E-state index is 9.12. The van der Waals surface area contributed by atoms with Crippen LogP contribution in [0.5, 0.6) is 0 Å². The highest BCUT2D eigenvalue weighted by Gasteiger charge is 2.08. The van der Waals surface area contributed by atoms with E-state index in [1.54, 1.807) is 30.5 Å². The first-order chi connectivity index (χ1) is 8.11. The molecule has 0 amide bonds. The van der Waals surface area contributed by atoms with Gasteiger partial charge in [0, 0.05) is 32.9 Å². The van der Waals surface area contributed by atoms with Crippen molar-refractivity contribution in [3.05, 3.63) is 51.2 Å². The van der Waals surface area contributed by atoms with E-state index in [1.165, 1.54) is 0 Å². The second-order valence-corrected chi connectivity index (χ2v) is 4.66. The highest BCUT2D eigenvalue weighted by molar-refractivity contribution is 6.36. The molecule has 2 rings (SSSR count). The Kier molecular flexibility index (Phi) is 3.89. The standard InChI is InChI=1S/C12H8Cl3NO/c13-9-1-2-10(11(14)4-9)7-3-8(6-17)12(15)16-5-7/h1-5,17H,6H2. The van der Waals surface area contributed by atoms with E-state index in [0.29, 0.717) is 20.8 Å². The van der Waals surface area contributed by atoms with Crippen LogP contribution < -0.4 is 0 Å². The molecule has 0 aliphatic rings. The van der Waals surface area contributed by atoms with E-state index >= 15 is 0 Å². The van der Waals surface area contributed by atoms with Crippen LogP contribution in [0.1, 0.15) is 5.56 Å². The molecule has 17 heavy (non-hydrogen) atoms. The molecule has 1 aromatic carbocycles. The van der Waals surface area contributed by atoms with Crippen molar-refractivity contribution in [2.75, 3.05) is 0 Å². The van der Waals surface area contributed by atoms with Crippen LogP contribution in [-0.2, 0) is 6.61 Å². The molecular weight excluding hydrogens is 280 g/mol. The summed E-state index contributed by atoms with van der Waals surface area (Å²) >= 11 is 17.7. The molecule has 0 saturated heterocycles. The number of hydrogen-bond donors (Lipinski definition) is 1. The molecule has 1 N–H and O–H groups in total. The lowest BCUT2D eigenvalue weighted by atomic mass is 10.1. The minimum Gasteiger partial charge on any atom is -0.392 e. The van der Waals surface area contributed by atoms with Gasteiger partial charge in [0.2, 0.25) is 0 Å². The Bertz CT molecular complexity index is 557. The molecule has 0 spiro atoms. The Morgan fingerprint density at radius 1 is 1.12 bits per heavy atom. The summed E-state index contributed by atoms with van der Waals surface area (Å²) in [5, 5.41) is 10.5. The molecule has 0 saturated carbocycles. The molecule has 5 heteroatoms. The fraction of sp³-hybridized carbons (Fsp3) is 0.0833. The zero-order valence-electron chi connectivity index (χ0n) is 8.62. The van der Waals surface area contributed by atoms with Gasteiger partial charge in [0.15, 0.2) is 0 Å². The highest BCUT2D eigenvalue weighted by atomic mass is 35.5. The Morgan fingerprint density at radius 3 is 2.53 bits per heavy atom. The van der Waals surface area contributed by atoms with Crippen LogP contribution in [0.25, 0.3) is 11.1 Å². The highest BCUT2D eigenvalue weighted by Crippen LogP contribution is 2.31. The van der Waals surface area contributed by atoms with E-state index in [4.69, 9.17) is 39.9 Å². The van der Waals surface area contributed by atoms with Crippen molar-refractivity contribution in [1.29, 1.82) is 0 Å². The number of nitrogens with zero attached hydrogens (tertiary/aromatic N) is 1. The number of aromatic nitrogens is 1. The minimum absolute atomic E-state index is 0.162. The molecule has 0 radical (unpaired) electrons. The van der Waals surface area contributed by atoms with Gasteiger partial charge in [-0.25, -0.2) is 4.98 Å². The average Bonchev–Trinajstić information content (AvgIpc) is 2.30. The van der Waals surface area contributed by atoms with E-state index < -0.39 is 0 Å². The fourth-order valence-corrected chi connectivity index (χ4v) is 2.16. The molecule has 2 aromatic rings. The fourth-order valence-electron chi connectivity index (χ4n) is 1.48. The first kappa shape index (κ1) is 12.7. The Labute approximate surface area is 114 Å². The zero-order chi connectivity index (χ0) is 12.4. The molecule has 0 unspecified atom stereocenters. The van der Waals surface area contributed by atoms with Gasteiger partial charge in [0.1, 0.15) is 5.15 Å². The van der Waals surface area contributed by atoms with E-state index in [1.807, 2.05) is 0 Å². The third kappa shape index (κ3) is 2.72. The zero-order valence-corrected chi connectivity index (χ0v) is 10.9. The number of rotatable bonds is 2. The molecule has 1 heterocycles. The van der Waals surface area contributed by atoms with E-state index in [0.717, 1.165) is 11.1 Å². The maximum Gasteiger partial charge on any atom is 0.134 e. The van der Waals surface area contributed by atoms with Gasteiger partial charge < -0.3 is 5.11 Å². The summed E-state index contributed by atoms with van der Waals surface area (Å²) in [6.07, 6.45) is 1.61. The summed E-state index contributed by atoms with van der Waals surface area (Å²) in [6, 6.07) is 6.96. The first-order valence-corrected chi connectivity index (χ1v) is 5.96. The van der Waals surface area contributed by atoms with Crippen LogP contribution in [0.3, 0.4) is 0 Å². The van der Waals surface area contributed by atoms with Crippen molar-refractivity contribution in [1.82, 2.24) is 4.98 Å². The summed E-state index contributed by atoms with van der Waals surface area (Å²) < 4.78 is 0. The van der Waals surface area contributed by atoms with Crippen LogP contribution in [-0.4, -0.2) is 10.1 Å². The molecule has 0 aliphatic heterocycles. The molecular formula is C12H8Cl3NO. The second kappa shape index (κ2) is 5.23. The molecule has 0 atom stereocenters. The predicted octanol–water partition coefficient (Wildman–Crippen LogP) is 4.20. The van der Waals surface area contributed by atoms with Crippen molar-refractivity contribution in [3.63, 3.8) is 0 Å². The number of aliphatic hydroxyl groups is 1. The van der Waals surface area contributed by atoms with Gasteiger partial charge >= 0.3 is 0 Å². The van der Waals surface area contributed by atoms with Crippen molar-refractivity contribution < 1.29 is 5.11 Å². The van der Waals surface area contributed by atoms with Crippen molar-refractivity contribution >= 4 is 34.8 Å². The lowest BCUT2D eigenvalue weighted by Crippen LogP contribution is -1.90. The van der Waals surface area contributed by atoms with Crippen LogP contribution in [0.15, 0.2) is 30.5 Å². The Balaban J connectivity index is 2.53. The largest absolute Gasteiger partial charge is 0.392 e. The number of aliphatic hydroxyl groups excluding tert-OH is 1. The van der Waals surface area contributed by atoms with Crippen LogP contribution >= 0.6 is 34.8 Å². The summed E-state index contributed by atoms with van der Waals surface area (Å²) in [6.45, 7) is -0.162. The topological polar surface area (TPSA) is 33.1 Å². The van der Waals surface area contributed by atoms with Crippen LogP contribution in [0, 0.1) is 0 Å². The molecule has 0 aliphatic carbocycles. The third-order valence-corrected chi connectivity index (χ3v) is 3.21. The summed E-state index contributed by atoms with van der Waals surface area (Å²) in [5.41, 5.74) is 2.16. The Hall–Kier alpha value is -0.800. The van der Waals surface area contributed by atoms with Crippen molar-refractivity contribution in [2.45, 2.75) is 6.61 Å². The molecule has 2 nitrogen and oxygen atoms in total. The first-order valence-electron chi connectivity index (χ1n) is 4.82. The lowest BCUT2D eigenvalue weighted by Gasteiger charge is -2.07. The number of hydrogen-bond acceptors (Lipinski definition) is 2. The van der Waals surface area contributed by atoms with Crippen LogP contribution in [0.2, 0.25) is 15.2 Å². The molecule has 88 valence electrons. The number of benzene rings is 1. The average molecular weight is 289 g/mol. The predicted molar refractivity (Wildman–Crippen MR) is 70.6 cm³/mol.